The maximum Gasteiger partial charge on any atom is 0.0660 e. The summed E-state index contributed by atoms with van der Waals surface area (Å²) >= 11 is 6.10. The van der Waals surface area contributed by atoms with Crippen molar-refractivity contribution in [2.24, 2.45) is 0 Å². The molecule has 1 aromatic carbocycles. The molecule has 0 spiro atoms. The molecule has 0 radical (unpaired) electrons. The van der Waals surface area contributed by atoms with Gasteiger partial charge in [-0.25, -0.2) is 4.68 Å². The van der Waals surface area contributed by atoms with E-state index < -0.39 is 0 Å². The number of nitrogens with one attached hydrogen (secondary N) is 1. The lowest BCUT2D eigenvalue weighted by molar-refractivity contribution is 0.755. The number of hydrogen-bond donors (Lipinski definition) is 1. The van der Waals surface area contributed by atoms with Gasteiger partial charge < -0.3 is 5.32 Å². The van der Waals surface area contributed by atoms with Gasteiger partial charge >= 0.3 is 0 Å². The molecule has 0 bridgehead atoms. The monoisotopic (exact) mass is 249 g/mol. The fourth-order valence-electron chi connectivity index (χ4n) is 1.62. The average molecular weight is 250 g/mol. The second kappa shape index (κ2) is 5.34. The van der Waals surface area contributed by atoms with E-state index in [1.54, 1.807) is 0 Å². The summed E-state index contributed by atoms with van der Waals surface area (Å²) in [5, 5.41) is 8.39. The summed E-state index contributed by atoms with van der Waals surface area (Å²) < 4.78 is 1.86. The minimum atomic E-state index is 0.773. The molecule has 1 N–H and O–H groups in total. The van der Waals surface area contributed by atoms with Crippen molar-refractivity contribution in [1.82, 2.24) is 15.1 Å². The first-order chi connectivity index (χ1) is 8.20. The van der Waals surface area contributed by atoms with Gasteiger partial charge in [0.25, 0.3) is 0 Å². The number of nitrogens with zero attached hydrogens (tertiary/aromatic N) is 2. The van der Waals surface area contributed by atoms with Crippen LogP contribution < -0.4 is 5.32 Å². The third kappa shape index (κ3) is 2.87. The molecular formula is C13H16ClN3. The second-order valence-electron chi connectivity index (χ2n) is 4.04. The molecule has 0 saturated heterocycles. The molecule has 4 heteroatoms. The zero-order valence-electron chi connectivity index (χ0n) is 10.1. The van der Waals surface area contributed by atoms with Crippen LogP contribution in [0.3, 0.4) is 0 Å². The van der Waals surface area contributed by atoms with Gasteiger partial charge in [-0.1, -0.05) is 17.7 Å². The summed E-state index contributed by atoms with van der Waals surface area (Å²) in [6.07, 6.45) is 2.90. The normalized spacial score (nSPS) is 10.8. The number of aromatic nitrogens is 2. The van der Waals surface area contributed by atoms with Gasteiger partial charge in [0.15, 0.2) is 0 Å². The molecule has 0 aliphatic rings. The van der Waals surface area contributed by atoms with E-state index in [-0.39, 0.29) is 0 Å². The van der Waals surface area contributed by atoms with Crippen molar-refractivity contribution in [1.29, 1.82) is 0 Å². The Morgan fingerprint density at radius 3 is 2.88 bits per heavy atom. The summed E-state index contributed by atoms with van der Waals surface area (Å²) in [5.74, 6) is 0. The molecule has 17 heavy (non-hydrogen) atoms. The molecule has 0 atom stereocenters. The maximum absolute atomic E-state index is 6.10. The van der Waals surface area contributed by atoms with Crippen LogP contribution in [0, 0.1) is 6.92 Å². The lowest BCUT2D eigenvalue weighted by Gasteiger charge is -2.04. The Bertz CT molecular complexity index is 505. The molecule has 1 heterocycles. The smallest absolute Gasteiger partial charge is 0.0660 e. The predicted octanol–water partition coefficient (Wildman–Crippen LogP) is 2.60. The fourth-order valence-corrected chi connectivity index (χ4v) is 1.79. The molecule has 0 aliphatic heterocycles. The summed E-state index contributed by atoms with van der Waals surface area (Å²) in [7, 11) is 1.94. The SMILES string of the molecule is CNCCc1ccn(-c2ccc(C)c(Cl)c2)n1. The molecule has 0 unspecified atom stereocenters. The Labute approximate surface area is 106 Å². The Kier molecular flexibility index (Phi) is 3.82. The maximum atomic E-state index is 6.10. The van der Waals surface area contributed by atoms with Gasteiger partial charge in [-0.2, -0.15) is 5.10 Å². The molecule has 90 valence electrons. The van der Waals surface area contributed by atoms with Crippen molar-refractivity contribution in [2.45, 2.75) is 13.3 Å². The van der Waals surface area contributed by atoms with Gasteiger partial charge in [0, 0.05) is 24.2 Å². The summed E-state index contributed by atoms with van der Waals surface area (Å²) in [5.41, 5.74) is 3.16. The highest BCUT2D eigenvalue weighted by Crippen LogP contribution is 2.19. The lowest BCUT2D eigenvalue weighted by atomic mass is 10.2. The van der Waals surface area contributed by atoms with E-state index in [0.29, 0.717) is 0 Å². The van der Waals surface area contributed by atoms with Crippen molar-refractivity contribution in [3.8, 4) is 5.69 Å². The van der Waals surface area contributed by atoms with Crippen molar-refractivity contribution in [3.05, 3.63) is 46.7 Å². The van der Waals surface area contributed by atoms with Crippen molar-refractivity contribution in [2.75, 3.05) is 13.6 Å². The first-order valence-electron chi connectivity index (χ1n) is 5.66. The molecular weight excluding hydrogens is 234 g/mol. The first-order valence-corrected chi connectivity index (χ1v) is 6.04. The highest BCUT2D eigenvalue weighted by molar-refractivity contribution is 6.31. The third-order valence-corrected chi connectivity index (χ3v) is 3.10. The van der Waals surface area contributed by atoms with E-state index in [0.717, 1.165) is 34.9 Å². The molecule has 2 aromatic rings. The van der Waals surface area contributed by atoms with Crippen LogP contribution in [0.1, 0.15) is 11.3 Å². The van der Waals surface area contributed by atoms with Gasteiger partial charge in [0.2, 0.25) is 0 Å². The number of hydrogen-bond acceptors (Lipinski definition) is 2. The Morgan fingerprint density at radius 1 is 1.35 bits per heavy atom. The minimum absolute atomic E-state index is 0.773. The highest BCUT2D eigenvalue weighted by Gasteiger charge is 2.03. The van der Waals surface area contributed by atoms with Crippen LogP contribution in [0.2, 0.25) is 5.02 Å². The third-order valence-electron chi connectivity index (χ3n) is 2.70. The molecule has 0 amide bonds. The number of halogens is 1. The van der Waals surface area contributed by atoms with Crippen molar-refractivity contribution < 1.29 is 0 Å². The summed E-state index contributed by atoms with van der Waals surface area (Å²) in [6.45, 7) is 2.93. The lowest BCUT2D eigenvalue weighted by Crippen LogP contribution is -2.10. The van der Waals surface area contributed by atoms with Crippen LogP contribution in [0.5, 0.6) is 0 Å². The van der Waals surface area contributed by atoms with E-state index >= 15 is 0 Å². The van der Waals surface area contributed by atoms with Crippen LogP contribution >= 0.6 is 11.6 Å². The minimum Gasteiger partial charge on any atom is -0.319 e. The molecule has 0 aliphatic carbocycles. The number of benzene rings is 1. The molecule has 0 fully saturated rings. The van der Waals surface area contributed by atoms with Crippen LogP contribution in [0.25, 0.3) is 5.69 Å². The van der Waals surface area contributed by atoms with Crippen LogP contribution in [0.15, 0.2) is 30.5 Å². The van der Waals surface area contributed by atoms with E-state index in [2.05, 4.69) is 10.4 Å². The van der Waals surface area contributed by atoms with E-state index in [1.165, 1.54) is 0 Å². The second-order valence-corrected chi connectivity index (χ2v) is 4.45. The van der Waals surface area contributed by atoms with Gasteiger partial charge in [-0.3, -0.25) is 0 Å². The Hall–Kier alpha value is -1.32. The van der Waals surface area contributed by atoms with Crippen LogP contribution in [-0.2, 0) is 6.42 Å². The Balaban J connectivity index is 2.21. The van der Waals surface area contributed by atoms with Gasteiger partial charge in [-0.15, -0.1) is 0 Å². The van der Waals surface area contributed by atoms with E-state index in [1.807, 2.05) is 49.1 Å². The average Bonchev–Trinajstić information content (AvgIpc) is 2.79. The fraction of sp³-hybridized carbons (Fsp3) is 0.308. The molecule has 2 rings (SSSR count). The molecule has 1 aromatic heterocycles. The predicted molar refractivity (Wildman–Crippen MR) is 70.9 cm³/mol. The summed E-state index contributed by atoms with van der Waals surface area (Å²) in [6, 6.07) is 8.00. The van der Waals surface area contributed by atoms with Crippen molar-refractivity contribution >= 4 is 11.6 Å². The standard InChI is InChI=1S/C13H16ClN3/c1-10-3-4-12(9-13(10)14)17-8-6-11(16-17)5-7-15-2/h3-4,6,8-9,15H,5,7H2,1-2H3. The first kappa shape index (κ1) is 12.1. The summed E-state index contributed by atoms with van der Waals surface area (Å²) in [4.78, 5) is 0. The molecule has 0 saturated carbocycles. The van der Waals surface area contributed by atoms with Crippen LogP contribution in [-0.4, -0.2) is 23.4 Å². The zero-order chi connectivity index (χ0) is 12.3. The number of likely N-dealkylation sites (N-methyl/N-ethyl adjacent to an activating group) is 1. The number of aryl methyl sites for hydroxylation is 1. The van der Waals surface area contributed by atoms with E-state index in [4.69, 9.17) is 11.6 Å². The zero-order valence-corrected chi connectivity index (χ0v) is 10.8. The quantitative estimate of drug-likeness (QED) is 0.903. The number of rotatable bonds is 4. The van der Waals surface area contributed by atoms with Gasteiger partial charge in [0.1, 0.15) is 0 Å². The van der Waals surface area contributed by atoms with Gasteiger partial charge in [0.05, 0.1) is 11.4 Å². The van der Waals surface area contributed by atoms with E-state index in [9.17, 15) is 0 Å². The van der Waals surface area contributed by atoms with Crippen molar-refractivity contribution in [3.63, 3.8) is 0 Å². The topological polar surface area (TPSA) is 29.9 Å². The Morgan fingerprint density at radius 2 is 2.18 bits per heavy atom. The largest absolute Gasteiger partial charge is 0.319 e. The highest BCUT2D eigenvalue weighted by atomic mass is 35.5. The van der Waals surface area contributed by atoms with Crippen LogP contribution in [0.4, 0.5) is 0 Å². The molecule has 3 nitrogen and oxygen atoms in total. The van der Waals surface area contributed by atoms with Gasteiger partial charge in [-0.05, 0) is 37.7 Å².